The van der Waals surface area contributed by atoms with Crippen molar-refractivity contribution in [1.29, 1.82) is 0 Å². The van der Waals surface area contributed by atoms with Crippen molar-refractivity contribution in [2.75, 3.05) is 13.6 Å². The van der Waals surface area contributed by atoms with Crippen LogP contribution in [0.25, 0.3) is 0 Å². The van der Waals surface area contributed by atoms with Crippen LogP contribution in [0.4, 0.5) is 0 Å². The van der Waals surface area contributed by atoms with E-state index < -0.39 is 15.6 Å². The molecule has 0 unspecified atom stereocenters. The lowest BCUT2D eigenvalue weighted by molar-refractivity contribution is 0.452. The van der Waals surface area contributed by atoms with Crippen molar-refractivity contribution < 1.29 is 8.42 Å². The molecule has 0 spiro atoms. The lowest BCUT2D eigenvalue weighted by atomic mass is 10.4. The van der Waals surface area contributed by atoms with Crippen molar-refractivity contribution in [3.63, 3.8) is 0 Å². The van der Waals surface area contributed by atoms with Gasteiger partial charge in [0.25, 0.3) is 5.56 Å². The maximum Gasteiger partial charge on any atom is 0.266 e. The van der Waals surface area contributed by atoms with Crippen molar-refractivity contribution in [3.8, 4) is 0 Å². The number of nitrogens with zero attached hydrogens (tertiary/aromatic N) is 1. The lowest BCUT2D eigenvalue weighted by Crippen LogP contribution is -2.29. The van der Waals surface area contributed by atoms with E-state index in [2.05, 4.69) is 4.98 Å². The molecule has 0 amide bonds. The molecule has 0 saturated heterocycles. The van der Waals surface area contributed by atoms with Crippen molar-refractivity contribution in [1.82, 2.24) is 9.29 Å². The summed E-state index contributed by atoms with van der Waals surface area (Å²) in [5.41, 5.74) is -0.490. The zero-order chi connectivity index (χ0) is 12.6. The van der Waals surface area contributed by atoms with Gasteiger partial charge in [0, 0.05) is 19.8 Å². The summed E-state index contributed by atoms with van der Waals surface area (Å²) >= 11 is 5.62. The summed E-state index contributed by atoms with van der Waals surface area (Å²) in [6.07, 6.45) is 3.32. The first-order valence-corrected chi connectivity index (χ1v) is 7.07. The Labute approximate surface area is 104 Å². The lowest BCUT2D eigenvalue weighted by Gasteiger charge is -2.16. The van der Waals surface area contributed by atoms with Crippen LogP contribution in [0, 0.1) is 5.92 Å². The number of aromatic amines is 1. The largest absolute Gasteiger partial charge is 0.326 e. The first-order chi connectivity index (χ1) is 7.91. The fourth-order valence-electron chi connectivity index (χ4n) is 1.53. The molecule has 1 aliphatic carbocycles. The Kier molecular flexibility index (Phi) is 3.29. The van der Waals surface area contributed by atoms with E-state index in [1.807, 2.05) is 0 Å². The summed E-state index contributed by atoms with van der Waals surface area (Å²) in [6, 6.07) is 1.18. The first kappa shape index (κ1) is 12.6. The van der Waals surface area contributed by atoms with Crippen LogP contribution in [-0.2, 0) is 10.0 Å². The molecule has 94 valence electrons. The molecule has 1 aromatic rings. The number of hydrogen-bond acceptors (Lipinski definition) is 3. The standard InChI is InChI=1S/C10H13ClN2O3S/c1-13(6-7-2-3-7)17(15,16)8-4-9(11)10(14)12-5-8/h4-5,7H,2-3,6H2,1H3,(H,12,14). The molecule has 0 bridgehead atoms. The molecule has 1 N–H and O–H groups in total. The number of aromatic nitrogens is 1. The third kappa shape index (κ3) is 2.70. The fourth-order valence-corrected chi connectivity index (χ4v) is 3.01. The molecule has 0 atom stereocenters. The van der Waals surface area contributed by atoms with Crippen molar-refractivity contribution in [2.24, 2.45) is 5.92 Å². The quantitative estimate of drug-likeness (QED) is 0.894. The number of sulfonamides is 1. The normalized spacial score (nSPS) is 16.4. The Morgan fingerprint density at radius 3 is 2.71 bits per heavy atom. The van der Waals surface area contributed by atoms with Crippen LogP contribution in [0.15, 0.2) is 22.0 Å². The summed E-state index contributed by atoms with van der Waals surface area (Å²) in [5.74, 6) is 0.466. The highest BCUT2D eigenvalue weighted by atomic mass is 35.5. The maximum atomic E-state index is 12.1. The van der Waals surface area contributed by atoms with Crippen molar-refractivity contribution in [3.05, 3.63) is 27.6 Å². The van der Waals surface area contributed by atoms with Crippen LogP contribution < -0.4 is 5.56 Å². The number of halogens is 1. The monoisotopic (exact) mass is 276 g/mol. The Bertz CT molecular complexity index is 577. The van der Waals surface area contributed by atoms with Crippen molar-refractivity contribution in [2.45, 2.75) is 17.7 Å². The molecule has 1 aliphatic rings. The summed E-state index contributed by atoms with van der Waals surface area (Å²) in [4.78, 5) is 13.4. The average Bonchev–Trinajstić information content (AvgIpc) is 3.05. The minimum Gasteiger partial charge on any atom is -0.326 e. The summed E-state index contributed by atoms with van der Waals surface area (Å²) < 4.78 is 25.5. The van der Waals surface area contributed by atoms with Gasteiger partial charge in [0.15, 0.2) is 0 Å². The molecular formula is C10H13ClN2O3S. The second-order valence-electron chi connectivity index (χ2n) is 4.24. The molecule has 0 radical (unpaired) electrons. The van der Waals surface area contributed by atoms with Gasteiger partial charge >= 0.3 is 0 Å². The summed E-state index contributed by atoms with van der Waals surface area (Å²) in [6.45, 7) is 0.513. The molecule has 0 aromatic carbocycles. The van der Waals surface area contributed by atoms with Gasteiger partial charge in [-0.05, 0) is 24.8 Å². The molecular weight excluding hydrogens is 264 g/mol. The predicted octanol–water partition coefficient (Wildman–Crippen LogP) is 1.06. The van der Waals surface area contributed by atoms with Gasteiger partial charge in [-0.2, -0.15) is 0 Å². The third-order valence-corrected chi connectivity index (χ3v) is 4.83. The van der Waals surface area contributed by atoms with Crippen LogP contribution in [-0.4, -0.2) is 31.3 Å². The van der Waals surface area contributed by atoms with Gasteiger partial charge in [-0.15, -0.1) is 0 Å². The maximum absolute atomic E-state index is 12.1. The van der Waals surface area contributed by atoms with Crippen molar-refractivity contribution >= 4 is 21.6 Å². The van der Waals surface area contributed by atoms with Gasteiger partial charge in [-0.3, -0.25) is 4.79 Å². The topological polar surface area (TPSA) is 70.2 Å². The minimum atomic E-state index is -3.55. The highest BCUT2D eigenvalue weighted by Crippen LogP contribution is 2.30. The van der Waals surface area contributed by atoms with E-state index in [0.29, 0.717) is 12.5 Å². The highest BCUT2D eigenvalue weighted by Gasteiger charge is 2.29. The second kappa shape index (κ2) is 4.44. The van der Waals surface area contributed by atoms with E-state index in [0.717, 1.165) is 12.8 Å². The number of hydrogen-bond donors (Lipinski definition) is 1. The third-order valence-electron chi connectivity index (χ3n) is 2.75. The first-order valence-electron chi connectivity index (χ1n) is 5.26. The molecule has 1 fully saturated rings. The van der Waals surface area contributed by atoms with Gasteiger partial charge in [0.2, 0.25) is 10.0 Å². The smallest absolute Gasteiger partial charge is 0.266 e. The molecule has 0 aliphatic heterocycles. The minimum absolute atomic E-state index is 0.0188. The van der Waals surface area contributed by atoms with Gasteiger partial charge < -0.3 is 4.98 Å². The SMILES string of the molecule is CN(CC1CC1)S(=O)(=O)c1c[nH]c(=O)c(Cl)c1. The Morgan fingerprint density at radius 1 is 1.53 bits per heavy atom. The Hall–Kier alpha value is -0.850. The molecule has 7 heteroatoms. The van der Waals surface area contributed by atoms with Crippen LogP contribution in [0.3, 0.4) is 0 Å². The van der Waals surface area contributed by atoms with E-state index in [1.165, 1.54) is 23.6 Å². The van der Waals surface area contributed by atoms with E-state index in [-0.39, 0.29) is 9.92 Å². The average molecular weight is 277 g/mol. The molecule has 1 heterocycles. The zero-order valence-electron chi connectivity index (χ0n) is 9.31. The molecule has 1 saturated carbocycles. The molecule has 2 rings (SSSR count). The number of pyridine rings is 1. The summed E-state index contributed by atoms with van der Waals surface area (Å²) in [7, 11) is -2.02. The Balaban J connectivity index is 2.29. The van der Waals surface area contributed by atoms with E-state index in [4.69, 9.17) is 11.6 Å². The Morgan fingerprint density at radius 2 is 2.18 bits per heavy atom. The number of rotatable bonds is 4. The fraction of sp³-hybridized carbons (Fsp3) is 0.500. The van der Waals surface area contributed by atoms with Crippen LogP contribution in [0.2, 0.25) is 5.02 Å². The number of H-pyrrole nitrogens is 1. The highest BCUT2D eigenvalue weighted by molar-refractivity contribution is 7.89. The molecule has 1 aromatic heterocycles. The van der Waals surface area contributed by atoms with Crippen LogP contribution in [0.5, 0.6) is 0 Å². The zero-order valence-corrected chi connectivity index (χ0v) is 10.9. The molecule has 5 nitrogen and oxygen atoms in total. The van der Waals surface area contributed by atoms with Gasteiger partial charge in [0.1, 0.15) is 5.02 Å². The van der Waals surface area contributed by atoms with E-state index >= 15 is 0 Å². The second-order valence-corrected chi connectivity index (χ2v) is 6.69. The predicted molar refractivity (Wildman–Crippen MR) is 64.6 cm³/mol. The van der Waals surface area contributed by atoms with E-state index in [9.17, 15) is 13.2 Å². The van der Waals surface area contributed by atoms with Gasteiger partial charge in [0.05, 0.1) is 4.90 Å². The van der Waals surface area contributed by atoms with Gasteiger partial charge in [-0.25, -0.2) is 12.7 Å². The molecule has 17 heavy (non-hydrogen) atoms. The number of nitrogens with one attached hydrogen (secondary N) is 1. The van der Waals surface area contributed by atoms with E-state index in [1.54, 1.807) is 0 Å². The van der Waals surface area contributed by atoms with Crippen LogP contribution in [0.1, 0.15) is 12.8 Å². The summed E-state index contributed by atoms with van der Waals surface area (Å²) in [5, 5.41) is -0.120. The van der Waals surface area contributed by atoms with Gasteiger partial charge in [-0.1, -0.05) is 11.6 Å². The van der Waals surface area contributed by atoms with Crippen LogP contribution >= 0.6 is 11.6 Å².